The first-order chi connectivity index (χ1) is 12.2. The molecule has 0 aromatic carbocycles. The van der Waals surface area contributed by atoms with E-state index < -0.39 is 0 Å². The van der Waals surface area contributed by atoms with E-state index >= 15 is 0 Å². The van der Waals surface area contributed by atoms with Crippen molar-refractivity contribution in [1.82, 2.24) is 20.1 Å². The van der Waals surface area contributed by atoms with Gasteiger partial charge in [-0.05, 0) is 31.4 Å². The topological polar surface area (TPSA) is 84.3 Å². The van der Waals surface area contributed by atoms with Crippen molar-refractivity contribution in [2.75, 3.05) is 19.7 Å². The molecular weight excluding hydrogens is 320 g/mol. The van der Waals surface area contributed by atoms with Crippen LogP contribution < -0.4 is 0 Å². The Kier molecular flexibility index (Phi) is 4.57. The van der Waals surface area contributed by atoms with E-state index in [4.69, 9.17) is 9.15 Å². The molecule has 25 heavy (non-hydrogen) atoms. The Morgan fingerprint density at radius 1 is 1.40 bits per heavy atom. The number of rotatable bonds is 4. The molecule has 4 heterocycles. The smallest absolute Gasteiger partial charge is 0.222 e. The zero-order chi connectivity index (χ0) is 17.2. The number of aromatic amines is 1. The second-order valence-corrected chi connectivity index (χ2v) is 6.95. The summed E-state index contributed by atoms with van der Waals surface area (Å²) in [7, 11) is 0. The Morgan fingerprint density at radius 3 is 3.08 bits per heavy atom. The van der Waals surface area contributed by atoms with Gasteiger partial charge in [0, 0.05) is 56.8 Å². The van der Waals surface area contributed by atoms with Crippen LogP contribution in [0.2, 0.25) is 0 Å². The molecule has 0 unspecified atom stereocenters. The van der Waals surface area contributed by atoms with Gasteiger partial charge in [-0.25, -0.2) is 0 Å². The molecule has 1 amide bonds. The summed E-state index contributed by atoms with van der Waals surface area (Å²) in [5.74, 6) is 1.90. The van der Waals surface area contributed by atoms with E-state index in [1.54, 1.807) is 0 Å². The normalized spacial score (nSPS) is 26.4. The number of aryl methyl sites for hydroxylation is 2. The van der Waals surface area contributed by atoms with Crippen LogP contribution in [0.3, 0.4) is 0 Å². The number of H-pyrrole nitrogens is 1. The number of likely N-dealkylation sites (tertiary alicyclic amines) is 1. The van der Waals surface area contributed by atoms with Gasteiger partial charge in [0.05, 0.1) is 6.10 Å². The monoisotopic (exact) mass is 344 g/mol. The van der Waals surface area contributed by atoms with Gasteiger partial charge in [0.1, 0.15) is 0 Å². The summed E-state index contributed by atoms with van der Waals surface area (Å²) >= 11 is 0. The van der Waals surface area contributed by atoms with Gasteiger partial charge >= 0.3 is 0 Å². The van der Waals surface area contributed by atoms with Crippen LogP contribution in [-0.4, -0.2) is 51.8 Å². The number of carbonyl (C=O) groups excluding carboxylic acids is 1. The molecule has 7 nitrogen and oxygen atoms in total. The molecule has 2 aliphatic rings. The fraction of sp³-hybridized carbons (Fsp3) is 0.611. The van der Waals surface area contributed by atoms with Gasteiger partial charge < -0.3 is 19.0 Å². The number of hydrogen-bond donors (Lipinski definition) is 1. The second-order valence-electron chi connectivity index (χ2n) is 6.95. The van der Waals surface area contributed by atoms with E-state index in [2.05, 4.69) is 15.2 Å². The average Bonchev–Trinajstić information content (AvgIpc) is 3.30. The maximum atomic E-state index is 12.6. The molecule has 0 radical (unpaired) electrons. The highest BCUT2D eigenvalue weighted by Crippen LogP contribution is 2.39. The second kappa shape index (κ2) is 7.00. The van der Waals surface area contributed by atoms with Crippen molar-refractivity contribution in [3.8, 4) is 0 Å². The summed E-state index contributed by atoms with van der Waals surface area (Å²) in [6.07, 6.45) is 5.10. The minimum atomic E-state index is 0.179. The Morgan fingerprint density at radius 2 is 2.32 bits per heavy atom. The van der Waals surface area contributed by atoms with Crippen LogP contribution in [0, 0.1) is 12.8 Å². The first-order valence-corrected chi connectivity index (χ1v) is 9.02. The Balaban J connectivity index is 1.42. The van der Waals surface area contributed by atoms with E-state index in [1.807, 2.05) is 30.2 Å². The number of fused-ring (bicyclic) bond motifs is 1. The van der Waals surface area contributed by atoms with Crippen LogP contribution in [0.5, 0.6) is 0 Å². The third-order valence-corrected chi connectivity index (χ3v) is 5.35. The van der Waals surface area contributed by atoms with Crippen LogP contribution in [0.1, 0.15) is 42.7 Å². The van der Waals surface area contributed by atoms with Crippen molar-refractivity contribution in [1.29, 1.82) is 0 Å². The zero-order valence-corrected chi connectivity index (χ0v) is 14.5. The molecule has 2 fully saturated rings. The van der Waals surface area contributed by atoms with Crippen molar-refractivity contribution in [3.63, 3.8) is 0 Å². The van der Waals surface area contributed by atoms with Gasteiger partial charge in [-0.2, -0.15) is 0 Å². The number of hydrogen-bond acceptors (Lipinski definition) is 5. The Hall–Kier alpha value is -2.15. The summed E-state index contributed by atoms with van der Waals surface area (Å²) in [5.41, 5.74) is 1.10. The number of piperidine rings is 1. The van der Waals surface area contributed by atoms with E-state index in [1.165, 1.54) is 0 Å². The molecule has 0 aliphatic carbocycles. The predicted molar refractivity (Wildman–Crippen MR) is 89.9 cm³/mol. The third-order valence-electron chi connectivity index (χ3n) is 5.35. The van der Waals surface area contributed by atoms with Gasteiger partial charge in [-0.3, -0.25) is 4.79 Å². The zero-order valence-electron chi connectivity index (χ0n) is 14.5. The number of nitrogens with one attached hydrogen (secondary N) is 1. The number of amides is 1. The average molecular weight is 344 g/mol. The van der Waals surface area contributed by atoms with Gasteiger partial charge in [0.25, 0.3) is 0 Å². The van der Waals surface area contributed by atoms with E-state index in [9.17, 15) is 4.79 Å². The summed E-state index contributed by atoms with van der Waals surface area (Å²) in [6.45, 7) is 4.00. The van der Waals surface area contributed by atoms with Gasteiger partial charge in [0.2, 0.25) is 17.7 Å². The van der Waals surface area contributed by atoms with Crippen molar-refractivity contribution < 1.29 is 13.9 Å². The van der Waals surface area contributed by atoms with E-state index in [0.717, 1.165) is 31.5 Å². The minimum Gasteiger partial charge on any atom is -0.425 e. The highest BCUT2D eigenvalue weighted by molar-refractivity contribution is 5.76. The fourth-order valence-corrected chi connectivity index (χ4v) is 4.03. The molecule has 2 aromatic heterocycles. The highest BCUT2D eigenvalue weighted by atomic mass is 16.5. The number of ether oxygens (including phenoxy) is 1. The summed E-state index contributed by atoms with van der Waals surface area (Å²) in [4.78, 5) is 17.8. The molecule has 1 N–H and O–H groups in total. The summed E-state index contributed by atoms with van der Waals surface area (Å²) in [5, 5.41) is 8.19. The highest BCUT2D eigenvalue weighted by Gasteiger charge is 2.42. The molecule has 2 aromatic rings. The van der Waals surface area contributed by atoms with Crippen LogP contribution in [0.25, 0.3) is 0 Å². The molecule has 134 valence electrons. The lowest BCUT2D eigenvalue weighted by molar-refractivity contribution is -0.140. The maximum Gasteiger partial charge on any atom is 0.222 e. The van der Waals surface area contributed by atoms with Crippen molar-refractivity contribution >= 4 is 5.91 Å². The molecule has 3 atom stereocenters. The number of aromatic nitrogens is 3. The molecule has 0 spiro atoms. The molecule has 2 saturated heterocycles. The SMILES string of the molecule is Cc1nnc([C@@H]2CCO[C@@H]3CCN(C(=O)CCc4ccc[nH]4)C[C@@H]32)o1. The first kappa shape index (κ1) is 16.3. The molecule has 2 aliphatic heterocycles. The first-order valence-electron chi connectivity index (χ1n) is 9.02. The fourth-order valence-electron chi connectivity index (χ4n) is 4.03. The molecule has 0 bridgehead atoms. The Labute approximate surface area is 146 Å². The lowest BCUT2D eigenvalue weighted by Gasteiger charge is -2.44. The molecular formula is C18H24N4O3. The van der Waals surface area contributed by atoms with Crippen molar-refractivity contribution in [2.24, 2.45) is 5.92 Å². The third kappa shape index (κ3) is 3.46. The van der Waals surface area contributed by atoms with Crippen LogP contribution in [0.4, 0.5) is 0 Å². The summed E-state index contributed by atoms with van der Waals surface area (Å²) < 4.78 is 11.6. The van der Waals surface area contributed by atoms with Crippen LogP contribution >= 0.6 is 0 Å². The number of nitrogens with zero attached hydrogens (tertiary/aromatic N) is 3. The molecule has 7 heteroatoms. The number of carbonyl (C=O) groups is 1. The van der Waals surface area contributed by atoms with Gasteiger partial charge in [-0.15, -0.1) is 10.2 Å². The van der Waals surface area contributed by atoms with E-state index in [0.29, 0.717) is 31.4 Å². The van der Waals surface area contributed by atoms with E-state index in [-0.39, 0.29) is 23.8 Å². The van der Waals surface area contributed by atoms with Crippen molar-refractivity contribution in [3.05, 3.63) is 35.8 Å². The van der Waals surface area contributed by atoms with Crippen LogP contribution in [0.15, 0.2) is 22.7 Å². The van der Waals surface area contributed by atoms with Crippen molar-refractivity contribution in [2.45, 2.75) is 44.6 Å². The molecule has 4 rings (SSSR count). The lowest BCUT2D eigenvalue weighted by atomic mass is 9.79. The minimum absolute atomic E-state index is 0.179. The van der Waals surface area contributed by atoms with Crippen LogP contribution in [-0.2, 0) is 16.0 Å². The lowest BCUT2D eigenvalue weighted by Crippen LogP contribution is -2.51. The summed E-state index contributed by atoms with van der Waals surface area (Å²) in [6, 6.07) is 3.98. The largest absolute Gasteiger partial charge is 0.425 e. The molecule has 0 saturated carbocycles. The Bertz CT molecular complexity index is 712. The van der Waals surface area contributed by atoms with Gasteiger partial charge in [0.15, 0.2) is 0 Å². The maximum absolute atomic E-state index is 12.6. The van der Waals surface area contributed by atoms with Gasteiger partial charge in [-0.1, -0.05) is 0 Å². The standard InChI is InChI=1S/C18H24N4O3/c1-12-20-21-18(25-12)14-7-10-24-16-6-9-22(11-15(14)16)17(23)5-4-13-3-2-8-19-13/h2-3,8,14-16,19H,4-7,9-11H2,1H3/t14-,15-,16-/m1/s1. The predicted octanol–water partition coefficient (Wildman–Crippen LogP) is 2.06. The quantitative estimate of drug-likeness (QED) is 0.918.